The van der Waals surface area contributed by atoms with Gasteiger partial charge in [0, 0.05) is 24.6 Å². The number of nitrogens with one attached hydrogen (secondary N) is 2. The summed E-state index contributed by atoms with van der Waals surface area (Å²) in [5, 5.41) is 5.59. The number of aromatic nitrogens is 1. The van der Waals surface area contributed by atoms with E-state index in [2.05, 4.69) is 20.4 Å². The average Bonchev–Trinajstić information content (AvgIpc) is 3.48. The molecule has 2 aromatic rings. The summed E-state index contributed by atoms with van der Waals surface area (Å²) in [6.45, 7) is 0.395. The molecule has 0 spiro atoms. The van der Waals surface area contributed by atoms with Crippen molar-refractivity contribution >= 4 is 23.5 Å². The number of rotatable bonds is 6. The minimum atomic E-state index is -0.435. The van der Waals surface area contributed by atoms with Gasteiger partial charge in [-0.2, -0.15) is 0 Å². The van der Waals surface area contributed by atoms with Crippen molar-refractivity contribution < 1.29 is 19.1 Å². The number of methoxy groups -OCH3 is 1. The minimum Gasteiger partial charge on any atom is -0.465 e. The lowest BCUT2D eigenvalue weighted by Gasteiger charge is -2.07. The molecule has 3 rings (SSSR count). The van der Waals surface area contributed by atoms with Crippen molar-refractivity contribution in [2.75, 3.05) is 12.4 Å². The van der Waals surface area contributed by atoms with Gasteiger partial charge in [0.1, 0.15) is 0 Å². The Bertz CT molecular complexity index is 805. The van der Waals surface area contributed by atoms with E-state index in [-0.39, 0.29) is 23.7 Å². The molecule has 134 valence electrons. The van der Waals surface area contributed by atoms with Gasteiger partial charge in [-0.25, -0.2) is 4.79 Å². The maximum Gasteiger partial charge on any atom is 0.337 e. The van der Waals surface area contributed by atoms with Gasteiger partial charge >= 0.3 is 5.97 Å². The normalized spacial score (nSPS) is 17.9. The Morgan fingerprint density at radius 1 is 1.12 bits per heavy atom. The SMILES string of the molecule is COC(=O)c1ccc(NC(=O)C2CC2C(=O)NCc2cccnc2)cc1. The van der Waals surface area contributed by atoms with Gasteiger partial charge in [-0.15, -0.1) is 0 Å². The van der Waals surface area contributed by atoms with E-state index in [0.29, 0.717) is 24.2 Å². The van der Waals surface area contributed by atoms with Crippen LogP contribution in [0.3, 0.4) is 0 Å². The van der Waals surface area contributed by atoms with Gasteiger partial charge in [0.15, 0.2) is 0 Å². The molecule has 1 aromatic heterocycles. The molecule has 1 aromatic carbocycles. The number of benzene rings is 1. The van der Waals surface area contributed by atoms with Crippen molar-refractivity contribution in [1.29, 1.82) is 0 Å². The first kappa shape index (κ1) is 17.6. The van der Waals surface area contributed by atoms with Gasteiger partial charge in [-0.3, -0.25) is 14.6 Å². The predicted molar refractivity (Wildman–Crippen MR) is 94.1 cm³/mol. The van der Waals surface area contributed by atoms with Crippen molar-refractivity contribution in [3.05, 3.63) is 59.9 Å². The molecule has 2 unspecified atom stereocenters. The van der Waals surface area contributed by atoms with Gasteiger partial charge in [0.2, 0.25) is 11.8 Å². The first-order valence-corrected chi connectivity index (χ1v) is 8.24. The van der Waals surface area contributed by atoms with Crippen molar-refractivity contribution in [2.45, 2.75) is 13.0 Å². The van der Waals surface area contributed by atoms with E-state index in [0.717, 1.165) is 5.56 Å². The fourth-order valence-corrected chi connectivity index (χ4v) is 2.64. The number of carbonyl (C=O) groups excluding carboxylic acids is 3. The molecule has 2 N–H and O–H groups in total. The zero-order valence-electron chi connectivity index (χ0n) is 14.3. The number of esters is 1. The number of pyridine rings is 1. The van der Waals surface area contributed by atoms with Gasteiger partial charge in [-0.1, -0.05) is 6.07 Å². The standard InChI is InChI=1S/C19H19N3O4/c1-26-19(25)13-4-6-14(7-5-13)22-18(24)16-9-15(16)17(23)21-11-12-3-2-8-20-10-12/h2-8,10,15-16H,9,11H2,1H3,(H,21,23)(H,22,24). The summed E-state index contributed by atoms with van der Waals surface area (Å²) in [6, 6.07) is 10.1. The third-order valence-electron chi connectivity index (χ3n) is 4.23. The van der Waals surface area contributed by atoms with Crippen LogP contribution in [0.25, 0.3) is 0 Å². The van der Waals surface area contributed by atoms with E-state index in [4.69, 9.17) is 0 Å². The van der Waals surface area contributed by atoms with Crippen LogP contribution in [0, 0.1) is 11.8 Å². The molecule has 1 fully saturated rings. The molecule has 1 saturated carbocycles. The van der Waals surface area contributed by atoms with Crippen LogP contribution in [0.15, 0.2) is 48.8 Å². The first-order valence-electron chi connectivity index (χ1n) is 8.24. The van der Waals surface area contributed by atoms with Crippen LogP contribution in [-0.2, 0) is 20.9 Å². The van der Waals surface area contributed by atoms with Gasteiger partial charge < -0.3 is 15.4 Å². The van der Waals surface area contributed by atoms with Crippen LogP contribution in [-0.4, -0.2) is 29.9 Å². The van der Waals surface area contributed by atoms with Gasteiger partial charge in [-0.05, 0) is 42.3 Å². The van der Waals surface area contributed by atoms with Crippen molar-refractivity contribution in [2.24, 2.45) is 11.8 Å². The summed E-state index contributed by atoms with van der Waals surface area (Å²) in [7, 11) is 1.31. The summed E-state index contributed by atoms with van der Waals surface area (Å²) in [4.78, 5) is 39.8. The van der Waals surface area contributed by atoms with Crippen molar-refractivity contribution in [3.63, 3.8) is 0 Å². The molecule has 2 amide bonds. The summed E-state index contributed by atoms with van der Waals surface area (Å²) in [6.07, 6.45) is 3.89. The summed E-state index contributed by atoms with van der Waals surface area (Å²) in [5.74, 6) is -1.40. The van der Waals surface area contributed by atoms with Crippen LogP contribution in [0.5, 0.6) is 0 Å². The Labute approximate surface area is 150 Å². The molecule has 0 aliphatic heterocycles. The monoisotopic (exact) mass is 353 g/mol. The summed E-state index contributed by atoms with van der Waals surface area (Å²) < 4.78 is 4.63. The molecular formula is C19H19N3O4. The Hall–Kier alpha value is -3.22. The topological polar surface area (TPSA) is 97.4 Å². The largest absolute Gasteiger partial charge is 0.465 e. The Morgan fingerprint density at radius 3 is 2.50 bits per heavy atom. The smallest absolute Gasteiger partial charge is 0.337 e. The molecule has 0 bridgehead atoms. The van der Waals surface area contributed by atoms with Crippen LogP contribution in [0.2, 0.25) is 0 Å². The number of nitrogens with zero attached hydrogens (tertiary/aromatic N) is 1. The highest BCUT2D eigenvalue weighted by molar-refractivity contribution is 5.99. The second-order valence-corrected chi connectivity index (χ2v) is 6.09. The summed E-state index contributed by atoms with van der Waals surface area (Å²) >= 11 is 0. The predicted octanol–water partition coefficient (Wildman–Crippen LogP) is 1.76. The van der Waals surface area contributed by atoms with Crippen LogP contribution < -0.4 is 10.6 Å². The molecule has 7 heteroatoms. The fourth-order valence-electron chi connectivity index (χ4n) is 2.64. The molecule has 7 nitrogen and oxygen atoms in total. The van der Waals surface area contributed by atoms with E-state index in [1.54, 1.807) is 42.7 Å². The second-order valence-electron chi connectivity index (χ2n) is 6.09. The molecule has 2 atom stereocenters. The lowest BCUT2D eigenvalue weighted by molar-refractivity contribution is -0.125. The number of ether oxygens (including phenoxy) is 1. The molecule has 1 aliphatic carbocycles. The molecule has 1 aliphatic rings. The van der Waals surface area contributed by atoms with Crippen molar-refractivity contribution in [3.8, 4) is 0 Å². The number of hydrogen-bond acceptors (Lipinski definition) is 5. The quantitative estimate of drug-likeness (QED) is 0.771. The van der Waals surface area contributed by atoms with E-state index in [1.807, 2.05) is 6.07 Å². The van der Waals surface area contributed by atoms with Crippen molar-refractivity contribution in [1.82, 2.24) is 10.3 Å². The maximum absolute atomic E-state index is 12.2. The second kappa shape index (κ2) is 7.77. The maximum atomic E-state index is 12.2. The van der Waals surface area contributed by atoms with Crippen LogP contribution >= 0.6 is 0 Å². The van der Waals surface area contributed by atoms with E-state index < -0.39 is 5.97 Å². The third kappa shape index (κ3) is 4.24. The van der Waals surface area contributed by atoms with Gasteiger partial charge in [0.05, 0.1) is 24.5 Å². The Balaban J connectivity index is 1.47. The molecule has 0 saturated heterocycles. The highest BCUT2D eigenvalue weighted by atomic mass is 16.5. The summed E-state index contributed by atoms with van der Waals surface area (Å²) in [5.41, 5.74) is 1.89. The zero-order chi connectivity index (χ0) is 18.5. The Morgan fingerprint density at radius 2 is 1.85 bits per heavy atom. The first-order chi connectivity index (χ1) is 12.6. The number of carbonyl (C=O) groups is 3. The average molecular weight is 353 g/mol. The third-order valence-corrected chi connectivity index (χ3v) is 4.23. The van der Waals surface area contributed by atoms with Gasteiger partial charge in [0.25, 0.3) is 0 Å². The minimum absolute atomic E-state index is 0.130. The number of amides is 2. The molecule has 1 heterocycles. The Kier molecular flexibility index (Phi) is 5.26. The van der Waals surface area contributed by atoms with E-state index in [9.17, 15) is 14.4 Å². The number of anilines is 1. The van der Waals surface area contributed by atoms with Crippen LogP contribution in [0.4, 0.5) is 5.69 Å². The number of hydrogen-bond donors (Lipinski definition) is 2. The highest BCUT2D eigenvalue weighted by Gasteiger charge is 2.47. The lowest BCUT2D eigenvalue weighted by Crippen LogP contribution is -2.27. The van der Waals surface area contributed by atoms with E-state index >= 15 is 0 Å². The molecular weight excluding hydrogens is 334 g/mol. The lowest BCUT2D eigenvalue weighted by atomic mass is 10.2. The fraction of sp³-hybridized carbons (Fsp3) is 0.263. The van der Waals surface area contributed by atoms with E-state index in [1.165, 1.54) is 7.11 Å². The molecule has 26 heavy (non-hydrogen) atoms. The highest BCUT2D eigenvalue weighted by Crippen LogP contribution is 2.39. The zero-order valence-corrected chi connectivity index (χ0v) is 14.3. The van der Waals surface area contributed by atoms with Crippen LogP contribution in [0.1, 0.15) is 22.3 Å². The molecule has 0 radical (unpaired) electrons.